The van der Waals surface area contributed by atoms with Crippen LogP contribution in [-0.4, -0.2) is 34.2 Å². The zero-order valence-corrected chi connectivity index (χ0v) is 11.7. The molecule has 1 aliphatic rings. The molecule has 1 aromatic rings. The minimum absolute atomic E-state index is 0.209. The van der Waals surface area contributed by atoms with Crippen molar-refractivity contribution in [3.8, 4) is 0 Å². The third-order valence-corrected chi connectivity index (χ3v) is 4.87. The number of aliphatic hydroxyl groups is 1. The molecule has 0 aliphatic carbocycles. The minimum Gasteiger partial charge on any atom is -0.396 e. The van der Waals surface area contributed by atoms with Gasteiger partial charge in [0.15, 0.2) is 0 Å². The highest BCUT2D eigenvalue weighted by molar-refractivity contribution is 7.11. The van der Waals surface area contributed by atoms with Crippen LogP contribution in [0.3, 0.4) is 0 Å². The third-order valence-electron chi connectivity index (χ3n) is 3.54. The van der Waals surface area contributed by atoms with Gasteiger partial charge in [0.25, 0.3) is 0 Å². The first-order valence-electron chi connectivity index (χ1n) is 6.45. The summed E-state index contributed by atoms with van der Waals surface area (Å²) < 4.78 is 0. The van der Waals surface area contributed by atoms with E-state index in [1.165, 1.54) is 29.3 Å². The first-order chi connectivity index (χ1) is 8.13. The molecule has 3 nitrogen and oxygen atoms in total. The van der Waals surface area contributed by atoms with E-state index in [9.17, 15) is 5.11 Å². The summed E-state index contributed by atoms with van der Waals surface area (Å²) in [6, 6.07) is 1.09. The molecule has 1 N–H and O–H groups in total. The lowest BCUT2D eigenvalue weighted by Crippen LogP contribution is -2.30. The molecule has 0 aromatic carbocycles. The first kappa shape index (κ1) is 13.0. The quantitative estimate of drug-likeness (QED) is 0.897. The summed E-state index contributed by atoms with van der Waals surface area (Å²) >= 11 is 1.77. The minimum atomic E-state index is 0.209. The van der Waals surface area contributed by atoms with E-state index in [1.54, 1.807) is 11.3 Å². The lowest BCUT2D eigenvalue weighted by atomic mass is 10.2. The van der Waals surface area contributed by atoms with Crippen LogP contribution in [-0.2, 0) is 0 Å². The standard InChI is InChI=1S/C13H22N2OS/c1-9(2)15-6-4-5-11(15)13-14-7-12(17-13)10(3)8-16/h7,9-11,16H,4-6,8H2,1-3H3. The molecule has 2 unspecified atom stereocenters. The van der Waals surface area contributed by atoms with Gasteiger partial charge < -0.3 is 5.11 Å². The molecule has 2 rings (SSSR count). The van der Waals surface area contributed by atoms with E-state index < -0.39 is 0 Å². The Balaban J connectivity index is 2.14. The molecule has 96 valence electrons. The largest absolute Gasteiger partial charge is 0.396 e. The SMILES string of the molecule is CC(CO)c1cnc(C2CCCN2C(C)C)s1. The topological polar surface area (TPSA) is 36.4 Å². The highest BCUT2D eigenvalue weighted by Gasteiger charge is 2.30. The van der Waals surface area contributed by atoms with Crippen molar-refractivity contribution in [2.45, 2.75) is 51.6 Å². The average molecular weight is 254 g/mol. The average Bonchev–Trinajstić information content (AvgIpc) is 2.95. The second-order valence-electron chi connectivity index (χ2n) is 5.17. The molecule has 2 heterocycles. The van der Waals surface area contributed by atoms with Crippen molar-refractivity contribution in [3.05, 3.63) is 16.1 Å². The lowest BCUT2D eigenvalue weighted by Gasteiger charge is -2.26. The predicted molar refractivity (Wildman–Crippen MR) is 71.4 cm³/mol. The second kappa shape index (κ2) is 5.46. The summed E-state index contributed by atoms with van der Waals surface area (Å²) in [5.41, 5.74) is 0. The van der Waals surface area contributed by atoms with Crippen LogP contribution < -0.4 is 0 Å². The number of aliphatic hydroxyl groups excluding tert-OH is 1. The fourth-order valence-corrected chi connectivity index (χ4v) is 3.56. The van der Waals surface area contributed by atoms with Gasteiger partial charge in [-0.15, -0.1) is 11.3 Å². The number of likely N-dealkylation sites (tertiary alicyclic amines) is 1. The molecule has 0 radical (unpaired) electrons. The number of nitrogens with zero attached hydrogens (tertiary/aromatic N) is 2. The fraction of sp³-hybridized carbons (Fsp3) is 0.769. The summed E-state index contributed by atoms with van der Waals surface area (Å²) in [5, 5.41) is 10.4. The zero-order chi connectivity index (χ0) is 12.4. The van der Waals surface area contributed by atoms with Gasteiger partial charge in [-0.2, -0.15) is 0 Å². The van der Waals surface area contributed by atoms with E-state index in [-0.39, 0.29) is 12.5 Å². The highest BCUT2D eigenvalue weighted by Crippen LogP contribution is 2.36. The molecule has 4 heteroatoms. The van der Waals surface area contributed by atoms with Crippen molar-refractivity contribution in [1.82, 2.24) is 9.88 Å². The number of hydrogen-bond donors (Lipinski definition) is 1. The Bertz CT molecular complexity index is 364. The van der Waals surface area contributed by atoms with E-state index in [4.69, 9.17) is 0 Å². The number of hydrogen-bond acceptors (Lipinski definition) is 4. The van der Waals surface area contributed by atoms with Crippen LogP contribution in [0, 0.1) is 0 Å². The van der Waals surface area contributed by atoms with E-state index in [2.05, 4.69) is 23.7 Å². The van der Waals surface area contributed by atoms with Crippen LogP contribution in [0.1, 0.15) is 55.5 Å². The van der Waals surface area contributed by atoms with Gasteiger partial charge in [-0.3, -0.25) is 4.90 Å². The van der Waals surface area contributed by atoms with E-state index >= 15 is 0 Å². The van der Waals surface area contributed by atoms with Crippen LogP contribution in [0.15, 0.2) is 6.20 Å². The van der Waals surface area contributed by atoms with Crippen molar-refractivity contribution in [2.24, 2.45) is 0 Å². The normalized spacial score (nSPS) is 23.5. The molecule has 17 heavy (non-hydrogen) atoms. The molecule has 0 saturated carbocycles. The number of thiazole rings is 1. The first-order valence-corrected chi connectivity index (χ1v) is 7.27. The smallest absolute Gasteiger partial charge is 0.110 e. The summed E-state index contributed by atoms with van der Waals surface area (Å²) in [6.07, 6.45) is 4.43. The Morgan fingerprint density at radius 3 is 2.94 bits per heavy atom. The molecule has 1 aliphatic heterocycles. The van der Waals surface area contributed by atoms with Gasteiger partial charge in [0.05, 0.1) is 12.6 Å². The van der Waals surface area contributed by atoms with Gasteiger partial charge >= 0.3 is 0 Å². The number of rotatable bonds is 4. The van der Waals surface area contributed by atoms with Crippen LogP contribution in [0.4, 0.5) is 0 Å². The van der Waals surface area contributed by atoms with Gasteiger partial charge in [-0.05, 0) is 33.2 Å². The summed E-state index contributed by atoms with van der Waals surface area (Å²) in [5.74, 6) is 0.218. The van der Waals surface area contributed by atoms with Crippen molar-refractivity contribution in [3.63, 3.8) is 0 Å². The Morgan fingerprint density at radius 2 is 2.29 bits per heavy atom. The van der Waals surface area contributed by atoms with E-state index in [0.29, 0.717) is 12.1 Å². The second-order valence-corrected chi connectivity index (χ2v) is 6.27. The van der Waals surface area contributed by atoms with E-state index in [1.807, 2.05) is 13.1 Å². The maximum absolute atomic E-state index is 9.17. The van der Waals surface area contributed by atoms with Crippen molar-refractivity contribution in [2.75, 3.05) is 13.2 Å². The molecule has 0 spiro atoms. The molecule has 1 saturated heterocycles. The molecule has 0 amide bonds. The Morgan fingerprint density at radius 1 is 1.53 bits per heavy atom. The van der Waals surface area contributed by atoms with E-state index in [0.717, 1.165) is 0 Å². The zero-order valence-electron chi connectivity index (χ0n) is 10.9. The summed E-state index contributed by atoms with van der Waals surface area (Å²) in [7, 11) is 0. The molecular formula is C13H22N2OS. The van der Waals surface area contributed by atoms with Gasteiger partial charge in [0.1, 0.15) is 5.01 Å². The van der Waals surface area contributed by atoms with Crippen LogP contribution in [0.5, 0.6) is 0 Å². The van der Waals surface area contributed by atoms with Crippen LogP contribution in [0.2, 0.25) is 0 Å². The maximum atomic E-state index is 9.17. The highest BCUT2D eigenvalue weighted by atomic mass is 32.1. The fourth-order valence-electron chi connectivity index (χ4n) is 2.44. The molecular weight excluding hydrogens is 232 g/mol. The van der Waals surface area contributed by atoms with Gasteiger partial charge in [-0.25, -0.2) is 4.98 Å². The Hall–Kier alpha value is -0.450. The lowest BCUT2D eigenvalue weighted by molar-refractivity contribution is 0.205. The molecule has 0 bridgehead atoms. The molecule has 1 aromatic heterocycles. The van der Waals surface area contributed by atoms with Crippen LogP contribution in [0.25, 0.3) is 0 Å². The maximum Gasteiger partial charge on any atom is 0.110 e. The van der Waals surface area contributed by atoms with Crippen molar-refractivity contribution in [1.29, 1.82) is 0 Å². The molecule has 1 fully saturated rings. The van der Waals surface area contributed by atoms with Gasteiger partial charge in [0, 0.05) is 23.0 Å². The monoisotopic (exact) mass is 254 g/mol. The van der Waals surface area contributed by atoms with Gasteiger partial charge in [0.2, 0.25) is 0 Å². The number of aromatic nitrogens is 1. The summed E-state index contributed by atoms with van der Waals surface area (Å²) in [6.45, 7) is 7.95. The Labute approximate surface area is 107 Å². The van der Waals surface area contributed by atoms with Crippen molar-refractivity contribution >= 4 is 11.3 Å². The third kappa shape index (κ3) is 2.69. The Kier molecular flexibility index (Phi) is 4.17. The predicted octanol–water partition coefficient (Wildman–Crippen LogP) is 2.78. The van der Waals surface area contributed by atoms with Gasteiger partial charge in [-0.1, -0.05) is 6.92 Å². The van der Waals surface area contributed by atoms with Crippen LogP contribution >= 0.6 is 11.3 Å². The molecule has 2 atom stereocenters. The summed E-state index contributed by atoms with van der Waals surface area (Å²) in [4.78, 5) is 8.31. The van der Waals surface area contributed by atoms with Crippen molar-refractivity contribution < 1.29 is 5.11 Å².